The second-order valence-electron chi connectivity index (χ2n) is 9.16. The first kappa shape index (κ1) is 27.3. The van der Waals surface area contributed by atoms with Crippen LogP contribution in [-0.4, -0.2) is 59.7 Å². The number of carbonyl (C=O) groups excluding carboxylic acids is 1. The fourth-order valence-corrected chi connectivity index (χ4v) is 3.96. The number of likely N-dealkylation sites (N-methyl/N-ethyl adjacent to an activating group) is 1. The number of nitrogens with zero attached hydrogens (tertiary/aromatic N) is 4. The SMILES string of the molecule is C=CC(=O)NCc1cccc(-n2c(=O)cc(C)c3cnc(Nc4ccc(OCCN(C)C)cc4OC)nc32)c1. The summed E-state index contributed by atoms with van der Waals surface area (Å²) in [6.07, 6.45) is 2.91. The molecular formula is C29H32N6O4. The molecular weight excluding hydrogens is 496 g/mol. The first-order chi connectivity index (χ1) is 18.8. The molecule has 1 amide bonds. The van der Waals surface area contributed by atoms with Gasteiger partial charge in [-0.15, -0.1) is 0 Å². The minimum atomic E-state index is -0.273. The van der Waals surface area contributed by atoms with Gasteiger partial charge in [-0.2, -0.15) is 4.98 Å². The van der Waals surface area contributed by atoms with Crippen LogP contribution in [0.1, 0.15) is 11.1 Å². The molecule has 4 rings (SSSR count). The highest BCUT2D eigenvalue weighted by atomic mass is 16.5. The van der Waals surface area contributed by atoms with Gasteiger partial charge in [0.25, 0.3) is 5.56 Å². The van der Waals surface area contributed by atoms with E-state index in [1.54, 1.807) is 25.4 Å². The number of rotatable bonds is 11. The summed E-state index contributed by atoms with van der Waals surface area (Å²) in [5.74, 6) is 1.28. The van der Waals surface area contributed by atoms with Crippen LogP contribution in [0.5, 0.6) is 11.5 Å². The first-order valence-corrected chi connectivity index (χ1v) is 12.4. The first-order valence-electron chi connectivity index (χ1n) is 12.4. The van der Waals surface area contributed by atoms with Crippen molar-refractivity contribution < 1.29 is 14.3 Å². The Balaban J connectivity index is 1.68. The number of hydrogen-bond donors (Lipinski definition) is 2. The number of methoxy groups -OCH3 is 1. The number of nitrogens with one attached hydrogen (secondary N) is 2. The van der Waals surface area contributed by atoms with Crippen LogP contribution in [0.3, 0.4) is 0 Å². The van der Waals surface area contributed by atoms with Gasteiger partial charge in [0.1, 0.15) is 18.1 Å². The van der Waals surface area contributed by atoms with Crippen molar-refractivity contribution in [2.75, 3.05) is 39.7 Å². The Morgan fingerprint density at radius 2 is 2.00 bits per heavy atom. The van der Waals surface area contributed by atoms with Crippen LogP contribution < -0.4 is 25.7 Å². The fourth-order valence-electron chi connectivity index (χ4n) is 3.96. The molecule has 39 heavy (non-hydrogen) atoms. The van der Waals surface area contributed by atoms with E-state index in [0.29, 0.717) is 47.6 Å². The van der Waals surface area contributed by atoms with E-state index in [1.807, 2.05) is 62.3 Å². The standard InChI is InChI=1S/C29H32N6O4/c1-6-26(36)30-17-20-8-7-9-21(15-20)35-27(37)14-19(2)23-18-31-29(33-28(23)35)32-24-11-10-22(16-25(24)38-5)39-13-12-34(3)4/h6-11,14-16,18H,1,12-13,17H2,2-5H3,(H,30,36)(H,31,32,33). The second-order valence-corrected chi connectivity index (χ2v) is 9.16. The van der Waals surface area contributed by atoms with Gasteiger partial charge < -0.3 is 25.0 Å². The molecule has 10 heteroatoms. The van der Waals surface area contributed by atoms with Crippen LogP contribution in [0.4, 0.5) is 11.6 Å². The second kappa shape index (κ2) is 12.2. The molecule has 0 atom stereocenters. The molecule has 4 aromatic rings. The molecule has 0 spiro atoms. The normalized spacial score (nSPS) is 10.9. The van der Waals surface area contributed by atoms with E-state index >= 15 is 0 Å². The number of aryl methyl sites for hydroxylation is 1. The van der Waals surface area contributed by atoms with E-state index in [4.69, 9.17) is 14.5 Å². The third kappa shape index (κ3) is 6.60. The predicted molar refractivity (Wildman–Crippen MR) is 152 cm³/mol. The summed E-state index contributed by atoms with van der Waals surface area (Å²) in [7, 11) is 5.56. The summed E-state index contributed by atoms with van der Waals surface area (Å²) in [5, 5.41) is 6.69. The van der Waals surface area contributed by atoms with E-state index in [9.17, 15) is 9.59 Å². The number of carbonyl (C=O) groups is 1. The maximum Gasteiger partial charge on any atom is 0.257 e. The van der Waals surface area contributed by atoms with Crippen molar-refractivity contribution in [3.8, 4) is 17.2 Å². The zero-order chi connectivity index (χ0) is 27.9. The third-order valence-corrected chi connectivity index (χ3v) is 6.01. The van der Waals surface area contributed by atoms with Crippen molar-refractivity contribution in [2.45, 2.75) is 13.5 Å². The summed E-state index contributed by atoms with van der Waals surface area (Å²) >= 11 is 0. The molecule has 2 N–H and O–H groups in total. The molecule has 0 radical (unpaired) electrons. The number of anilines is 2. The van der Waals surface area contributed by atoms with E-state index in [-0.39, 0.29) is 11.5 Å². The quantitative estimate of drug-likeness (QED) is 0.284. The highest BCUT2D eigenvalue weighted by Crippen LogP contribution is 2.31. The molecule has 2 heterocycles. The summed E-state index contributed by atoms with van der Waals surface area (Å²) in [6.45, 7) is 6.96. The van der Waals surface area contributed by atoms with Crippen LogP contribution in [0.15, 0.2) is 72.2 Å². The topological polar surface area (TPSA) is 111 Å². The lowest BCUT2D eigenvalue weighted by Gasteiger charge is -2.15. The maximum absolute atomic E-state index is 13.2. The molecule has 10 nitrogen and oxygen atoms in total. The minimum absolute atomic E-state index is 0.228. The Bertz CT molecular complexity index is 1560. The van der Waals surface area contributed by atoms with Crippen LogP contribution >= 0.6 is 0 Å². The van der Waals surface area contributed by atoms with Gasteiger partial charge in [0.15, 0.2) is 5.65 Å². The average Bonchev–Trinajstić information content (AvgIpc) is 2.92. The molecule has 0 fully saturated rings. The molecule has 0 aliphatic heterocycles. The third-order valence-electron chi connectivity index (χ3n) is 6.01. The number of pyridine rings is 1. The van der Waals surface area contributed by atoms with Crippen molar-refractivity contribution in [3.63, 3.8) is 0 Å². The summed E-state index contributed by atoms with van der Waals surface area (Å²) in [6, 6.07) is 14.4. The van der Waals surface area contributed by atoms with Gasteiger partial charge >= 0.3 is 0 Å². The number of ether oxygens (including phenoxy) is 2. The molecule has 0 saturated heterocycles. The number of benzene rings is 2. The Morgan fingerprint density at radius 1 is 1.18 bits per heavy atom. The largest absolute Gasteiger partial charge is 0.494 e. The maximum atomic E-state index is 13.2. The summed E-state index contributed by atoms with van der Waals surface area (Å²) in [5.41, 5.74) is 3.09. The van der Waals surface area contributed by atoms with Crippen molar-refractivity contribution in [3.05, 3.63) is 88.9 Å². The molecule has 2 aromatic carbocycles. The van der Waals surface area contributed by atoms with Gasteiger partial charge in [0.2, 0.25) is 11.9 Å². The fraction of sp³-hybridized carbons (Fsp3) is 0.241. The van der Waals surface area contributed by atoms with Crippen LogP contribution in [-0.2, 0) is 11.3 Å². The molecule has 0 aliphatic rings. The molecule has 202 valence electrons. The monoisotopic (exact) mass is 528 g/mol. The van der Waals surface area contributed by atoms with Gasteiger partial charge in [-0.05, 0) is 62.5 Å². The Morgan fingerprint density at radius 3 is 2.74 bits per heavy atom. The lowest BCUT2D eigenvalue weighted by molar-refractivity contribution is -0.116. The number of amides is 1. The molecule has 0 saturated carbocycles. The van der Waals surface area contributed by atoms with Crippen LogP contribution in [0.2, 0.25) is 0 Å². The van der Waals surface area contributed by atoms with Gasteiger partial charge in [-0.25, -0.2) is 4.98 Å². The van der Waals surface area contributed by atoms with E-state index in [2.05, 4.69) is 22.2 Å². The van der Waals surface area contributed by atoms with E-state index in [0.717, 1.165) is 23.1 Å². The lowest BCUT2D eigenvalue weighted by Crippen LogP contribution is -2.22. The van der Waals surface area contributed by atoms with Crippen molar-refractivity contribution in [1.82, 2.24) is 24.8 Å². The number of fused-ring (bicyclic) bond motifs is 1. The predicted octanol–water partition coefficient (Wildman–Crippen LogP) is 3.58. The molecule has 2 aromatic heterocycles. The van der Waals surface area contributed by atoms with Crippen molar-refractivity contribution in [1.29, 1.82) is 0 Å². The minimum Gasteiger partial charge on any atom is -0.494 e. The summed E-state index contributed by atoms with van der Waals surface area (Å²) < 4.78 is 12.9. The van der Waals surface area contributed by atoms with Gasteiger partial charge in [-0.3, -0.25) is 14.2 Å². The zero-order valence-corrected chi connectivity index (χ0v) is 22.5. The van der Waals surface area contributed by atoms with Gasteiger partial charge in [0.05, 0.1) is 18.5 Å². The highest BCUT2D eigenvalue weighted by Gasteiger charge is 2.14. The Labute approximate surface area is 226 Å². The smallest absolute Gasteiger partial charge is 0.257 e. The van der Waals surface area contributed by atoms with Gasteiger partial charge in [0, 0.05) is 36.8 Å². The number of hydrogen-bond acceptors (Lipinski definition) is 8. The molecule has 0 aliphatic carbocycles. The van der Waals surface area contributed by atoms with E-state index in [1.165, 1.54) is 10.6 Å². The number of aromatic nitrogens is 3. The van der Waals surface area contributed by atoms with Gasteiger partial charge in [-0.1, -0.05) is 18.7 Å². The average molecular weight is 529 g/mol. The Kier molecular flexibility index (Phi) is 8.57. The van der Waals surface area contributed by atoms with Crippen molar-refractivity contribution >= 4 is 28.6 Å². The Hall–Kier alpha value is -4.70. The molecule has 0 bridgehead atoms. The lowest BCUT2D eigenvalue weighted by atomic mass is 10.1. The summed E-state index contributed by atoms with van der Waals surface area (Å²) in [4.78, 5) is 36.0. The highest BCUT2D eigenvalue weighted by molar-refractivity contribution is 5.86. The van der Waals surface area contributed by atoms with Crippen molar-refractivity contribution in [2.24, 2.45) is 0 Å². The zero-order valence-electron chi connectivity index (χ0n) is 22.5. The van der Waals surface area contributed by atoms with Crippen LogP contribution in [0.25, 0.3) is 16.7 Å². The molecule has 0 unspecified atom stereocenters. The van der Waals surface area contributed by atoms with Crippen LogP contribution in [0, 0.1) is 6.92 Å². The van der Waals surface area contributed by atoms with E-state index < -0.39 is 0 Å².